The highest BCUT2D eigenvalue weighted by Crippen LogP contribution is 2.29. The van der Waals surface area contributed by atoms with Gasteiger partial charge < -0.3 is 14.8 Å². The number of aryl methyl sites for hydroxylation is 1. The molecule has 2 unspecified atom stereocenters. The van der Waals surface area contributed by atoms with Gasteiger partial charge in [-0.1, -0.05) is 31.5 Å². The SMILES string of the molecule is CCc1ccc(Cl)c(CC)c1NC(=O)C(C)OCC1CCCCO1. The van der Waals surface area contributed by atoms with Gasteiger partial charge in [0.05, 0.1) is 12.7 Å². The lowest BCUT2D eigenvalue weighted by atomic mass is 10.0. The maximum atomic E-state index is 12.5. The third kappa shape index (κ3) is 4.95. The zero-order valence-corrected chi connectivity index (χ0v) is 15.6. The predicted octanol–water partition coefficient (Wildman–Crippen LogP) is 4.38. The summed E-state index contributed by atoms with van der Waals surface area (Å²) in [4.78, 5) is 12.5. The molecule has 1 heterocycles. The van der Waals surface area contributed by atoms with E-state index in [0.29, 0.717) is 11.6 Å². The van der Waals surface area contributed by atoms with E-state index < -0.39 is 6.10 Å². The normalized spacial score (nSPS) is 19.1. The Balaban J connectivity index is 1.99. The zero-order valence-electron chi connectivity index (χ0n) is 14.9. The highest BCUT2D eigenvalue weighted by atomic mass is 35.5. The number of amides is 1. The highest BCUT2D eigenvalue weighted by Gasteiger charge is 2.21. The first-order chi connectivity index (χ1) is 11.6. The van der Waals surface area contributed by atoms with Crippen molar-refractivity contribution in [3.05, 3.63) is 28.3 Å². The van der Waals surface area contributed by atoms with E-state index in [4.69, 9.17) is 21.1 Å². The smallest absolute Gasteiger partial charge is 0.253 e. The van der Waals surface area contributed by atoms with Crippen LogP contribution in [-0.4, -0.2) is 31.3 Å². The Kier molecular flexibility index (Phi) is 7.53. The van der Waals surface area contributed by atoms with Gasteiger partial charge in [0.15, 0.2) is 0 Å². The highest BCUT2D eigenvalue weighted by molar-refractivity contribution is 6.32. The van der Waals surface area contributed by atoms with E-state index in [2.05, 4.69) is 12.2 Å². The Hall–Kier alpha value is -1.10. The standard InChI is InChI=1S/C19H28ClNO3/c1-4-14-9-10-17(20)16(5-2)18(14)21-19(22)13(3)24-12-15-8-6-7-11-23-15/h9-10,13,15H,4-8,11-12H2,1-3H3,(H,21,22). The maximum absolute atomic E-state index is 12.5. The number of carbonyl (C=O) groups excluding carboxylic acids is 1. The van der Waals surface area contributed by atoms with E-state index in [9.17, 15) is 4.79 Å². The zero-order chi connectivity index (χ0) is 17.5. The fourth-order valence-corrected chi connectivity index (χ4v) is 3.25. The number of hydrogen-bond donors (Lipinski definition) is 1. The van der Waals surface area contributed by atoms with Crippen molar-refractivity contribution in [1.82, 2.24) is 0 Å². The Morgan fingerprint density at radius 3 is 2.79 bits per heavy atom. The van der Waals surface area contributed by atoms with Gasteiger partial charge in [-0.15, -0.1) is 0 Å². The van der Waals surface area contributed by atoms with Gasteiger partial charge in [-0.3, -0.25) is 4.79 Å². The van der Waals surface area contributed by atoms with Gasteiger partial charge in [0.2, 0.25) is 0 Å². The van der Waals surface area contributed by atoms with Gasteiger partial charge in [0.25, 0.3) is 5.91 Å². The molecule has 134 valence electrons. The molecule has 0 spiro atoms. The molecule has 1 N–H and O–H groups in total. The fraction of sp³-hybridized carbons (Fsp3) is 0.632. The first kappa shape index (κ1) is 19.2. The minimum absolute atomic E-state index is 0.109. The second-order valence-corrected chi connectivity index (χ2v) is 6.63. The molecule has 1 aromatic rings. The molecule has 2 atom stereocenters. The summed E-state index contributed by atoms with van der Waals surface area (Å²) >= 11 is 6.29. The maximum Gasteiger partial charge on any atom is 0.253 e. The van der Waals surface area contributed by atoms with Crippen molar-refractivity contribution in [3.8, 4) is 0 Å². The van der Waals surface area contributed by atoms with E-state index in [0.717, 1.165) is 55.5 Å². The monoisotopic (exact) mass is 353 g/mol. The van der Waals surface area contributed by atoms with Crippen molar-refractivity contribution >= 4 is 23.2 Å². The van der Waals surface area contributed by atoms with Crippen molar-refractivity contribution in [2.24, 2.45) is 0 Å². The van der Waals surface area contributed by atoms with Gasteiger partial charge in [-0.2, -0.15) is 0 Å². The van der Waals surface area contributed by atoms with Crippen molar-refractivity contribution in [2.45, 2.75) is 65.1 Å². The molecular formula is C19H28ClNO3. The van der Waals surface area contributed by atoms with E-state index in [-0.39, 0.29) is 12.0 Å². The molecule has 0 aromatic heterocycles. The topological polar surface area (TPSA) is 47.6 Å². The van der Waals surface area contributed by atoms with Crippen molar-refractivity contribution in [1.29, 1.82) is 0 Å². The largest absolute Gasteiger partial charge is 0.376 e. The van der Waals surface area contributed by atoms with Crippen molar-refractivity contribution < 1.29 is 14.3 Å². The number of carbonyl (C=O) groups is 1. The second-order valence-electron chi connectivity index (χ2n) is 6.22. The summed E-state index contributed by atoms with van der Waals surface area (Å²) in [5, 5.41) is 3.71. The van der Waals surface area contributed by atoms with Crippen molar-refractivity contribution in [3.63, 3.8) is 0 Å². The summed E-state index contributed by atoms with van der Waals surface area (Å²) in [6.45, 7) is 7.14. The summed E-state index contributed by atoms with van der Waals surface area (Å²) in [7, 11) is 0. The number of halogens is 1. The molecule has 0 aliphatic carbocycles. The molecule has 1 aromatic carbocycles. The quantitative estimate of drug-likeness (QED) is 0.791. The summed E-state index contributed by atoms with van der Waals surface area (Å²) in [6.07, 6.45) is 4.47. The average molecular weight is 354 g/mol. The molecular weight excluding hydrogens is 326 g/mol. The second kappa shape index (κ2) is 9.40. The number of hydrogen-bond acceptors (Lipinski definition) is 3. The van der Waals surface area contributed by atoms with Crippen LogP contribution in [0.3, 0.4) is 0 Å². The molecule has 1 amide bonds. The number of benzene rings is 1. The molecule has 1 fully saturated rings. The fourth-order valence-electron chi connectivity index (χ4n) is 2.96. The van der Waals surface area contributed by atoms with E-state index in [1.807, 2.05) is 19.1 Å². The molecule has 0 bridgehead atoms. The molecule has 0 radical (unpaired) electrons. The van der Waals surface area contributed by atoms with Gasteiger partial charge in [-0.25, -0.2) is 0 Å². The van der Waals surface area contributed by atoms with Crippen LogP contribution in [0.2, 0.25) is 5.02 Å². The molecule has 1 aliphatic rings. The van der Waals surface area contributed by atoms with Gasteiger partial charge in [0, 0.05) is 17.3 Å². The molecule has 2 rings (SSSR count). The summed E-state index contributed by atoms with van der Waals surface area (Å²) < 4.78 is 11.4. The van der Waals surface area contributed by atoms with Gasteiger partial charge in [0.1, 0.15) is 6.10 Å². The lowest BCUT2D eigenvalue weighted by Crippen LogP contribution is -2.33. The van der Waals surface area contributed by atoms with Crippen LogP contribution in [0.15, 0.2) is 12.1 Å². The lowest BCUT2D eigenvalue weighted by molar-refractivity contribution is -0.130. The first-order valence-electron chi connectivity index (χ1n) is 8.91. The molecule has 24 heavy (non-hydrogen) atoms. The summed E-state index contributed by atoms with van der Waals surface area (Å²) in [5.41, 5.74) is 2.90. The predicted molar refractivity (Wildman–Crippen MR) is 97.8 cm³/mol. The molecule has 5 heteroatoms. The van der Waals surface area contributed by atoms with E-state index >= 15 is 0 Å². The number of rotatable bonds is 7. The number of nitrogens with one attached hydrogen (secondary N) is 1. The minimum atomic E-state index is -0.524. The van der Waals surface area contributed by atoms with Crippen LogP contribution in [0.5, 0.6) is 0 Å². The van der Waals surface area contributed by atoms with Crippen molar-refractivity contribution in [2.75, 3.05) is 18.5 Å². The van der Waals surface area contributed by atoms with Gasteiger partial charge >= 0.3 is 0 Å². The van der Waals surface area contributed by atoms with Gasteiger partial charge in [-0.05, 0) is 56.2 Å². The van der Waals surface area contributed by atoms with E-state index in [1.54, 1.807) is 6.92 Å². The minimum Gasteiger partial charge on any atom is -0.376 e. The first-order valence-corrected chi connectivity index (χ1v) is 9.28. The molecule has 0 saturated carbocycles. The van der Waals surface area contributed by atoms with Crippen LogP contribution in [0.25, 0.3) is 0 Å². The molecule has 4 nitrogen and oxygen atoms in total. The summed E-state index contributed by atoms with van der Waals surface area (Å²) in [6, 6.07) is 3.87. The third-order valence-corrected chi connectivity index (χ3v) is 4.85. The molecule has 1 saturated heterocycles. The van der Waals surface area contributed by atoms with Crippen LogP contribution < -0.4 is 5.32 Å². The van der Waals surface area contributed by atoms with Crippen LogP contribution >= 0.6 is 11.6 Å². The summed E-state index contributed by atoms with van der Waals surface area (Å²) in [5.74, 6) is -0.141. The van der Waals surface area contributed by atoms with Crippen LogP contribution in [-0.2, 0) is 27.1 Å². The van der Waals surface area contributed by atoms with Crippen LogP contribution in [0.4, 0.5) is 5.69 Å². The Labute approximate surface area is 149 Å². The Morgan fingerprint density at radius 1 is 1.38 bits per heavy atom. The van der Waals surface area contributed by atoms with Crippen LogP contribution in [0.1, 0.15) is 51.2 Å². The molecule has 1 aliphatic heterocycles. The Morgan fingerprint density at radius 2 is 2.17 bits per heavy atom. The van der Waals surface area contributed by atoms with Crippen LogP contribution in [0, 0.1) is 0 Å². The number of anilines is 1. The average Bonchev–Trinajstić information content (AvgIpc) is 2.61. The number of ether oxygens (including phenoxy) is 2. The third-order valence-electron chi connectivity index (χ3n) is 4.50. The lowest BCUT2D eigenvalue weighted by Gasteiger charge is -2.24. The Bertz CT molecular complexity index is 556. The van der Waals surface area contributed by atoms with E-state index in [1.165, 1.54) is 0 Å².